The molecule has 0 amide bonds. The fourth-order valence-corrected chi connectivity index (χ4v) is 1.64. The normalized spacial score (nSPS) is 11.8. The Hall–Kier alpha value is -1.85. The summed E-state index contributed by atoms with van der Waals surface area (Å²) in [6, 6.07) is -0.442. The number of hydrogen-bond donors (Lipinski definition) is 2. The molecule has 1 heterocycles. The molecule has 2 N–H and O–H groups in total. The Morgan fingerprint density at radius 2 is 1.89 bits per heavy atom. The molecule has 6 nitrogen and oxygen atoms in total. The molecule has 0 aliphatic heterocycles. The summed E-state index contributed by atoms with van der Waals surface area (Å²) in [7, 11) is 0. The molecule has 6 heteroatoms. The van der Waals surface area contributed by atoms with Crippen LogP contribution >= 0.6 is 0 Å². The van der Waals surface area contributed by atoms with Crippen molar-refractivity contribution in [1.82, 2.24) is 9.97 Å². The quantitative estimate of drug-likeness (QED) is 0.766. The number of esters is 1. The van der Waals surface area contributed by atoms with Gasteiger partial charge >= 0.3 is 5.97 Å². The summed E-state index contributed by atoms with van der Waals surface area (Å²) in [5, 5.41) is 6.25. The van der Waals surface area contributed by atoms with Crippen LogP contribution in [0.1, 0.15) is 32.2 Å². The minimum atomic E-state index is -0.442. The summed E-state index contributed by atoms with van der Waals surface area (Å²) in [4.78, 5) is 20.3. The highest BCUT2D eigenvalue weighted by atomic mass is 16.5. The smallest absolute Gasteiger partial charge is 0.328 e. The molecule has 0 aromatic carbocycles. The van der Waals surface area contributed by atoms with Gasteiger partial charge in [0, 0.05) is 12.1 Å². The van der Waals surface area contributed by atoms with Crippen molar-refractivity contribution in [2.75, 3.05) is 23.8 Å². The van der Waals surface area contributed by atoms with E-state index in [0.29, 0.717) is 18.2 Å². The van der Waals surface area contributed by atoms with E-state index < -0.39 is 6.04 Å². The van der Waals surface area contributed by atoms with Gasteiger partial charge in [-0.25, -0.2) is 14.8 Å². The molecule has 0 spiro atoms. The summed E-state index contributed by atoms with van der Waals surface area (Å²) in [5.41, 5.74) is 0.892. The Labute approximate surface area is 114 Å². The van der Waals surface area contributed by atoms with E-state index in [0.717, 1.165) is 17.9 Å². The Bertz CT molecular complexity index is 449. The molecule has 0 saturated heterocycles. The number of anilines is 2. The Morgan fingerprint density at radius 3 is 2.47 bits per heavy atom. The summed E-state index contributed by atoms with van der Waals surface area (Å²) >= 11 is 0. The fourth-order valence-electron chi connectivity index (χ4n) is 1.64. The van der Waals surface area contributed by atoms with Crippen LogP contribution in [0.4, 0.5) is 11.6 Å². The van der Waals surface area contributed by atoms with Crippen LogP contribution in [-0.4, -0.2) is 35.1 Å². The maximum absolute atomic E-state index is 11.6. The average Bonchev–Trinajstić information content (AvgIpc) is 2.35. The number of carbonyl (C=O) groups excluding carboxylic acids is 1. The Kier molecular flexibility index (Phi) is 5.54. The van der Waals surface area contributed by atoms with Crippen LogP contribution in [0.5, 0.6) is 0 Å². The molecule has 1 rings (SSSR count). The molecule has 1 aromatic heterocycles. The van der Waals surface area contributed by atoms with Crippen molar-refractivity contribution in [3.63, 3.8) is 0 Å². The minimum Gasteiger partial charge on any atom is -0.464 e. The van der Waals surface area contributed by atoms with Crippen LogP contribution < -0.4 is 10.6 Å². The molecule has 19 heavy (non-hydrogen) atoms. The average molecular weight is 266 g/mol. The zero-order valence-corrected chi connectivity index (χ0v) is 12.2. The van der Waals surface area contributed by atoms with Gasteiger partial charge in [0.15, 0.2) is 0 Å². The number of nitrogens with one attached hydrogen (secondary N) is 2. The topological polar surface area (TPSA) is 76.1 Å². The van der Waals surface area contributed by atoms with Gasteiger partial charge in [-0.1, -0.05) is 0 Å². The maximum atomic E-state index is 11.6. The number of hydrogen-bond acceptors (Lipinski definition) is 6. The molecule has 1 unspecified atom stereocenters. The Morgan fingerprint density at radius 1 is 1.26 bits per heavy atom. The van der Waals surface area contributed by atoms with E-state index >= 15 is 0 Å². The van der Waals surface area contributed by atoms with E-state index in [1.54, 1.807) is 13.8 Å². The molecule has 0 aliphatic rings. The van der Waals surface area contributed by atoms with Gasteiger partial charge < -0.3 is 15.4 Å². The monoisotopic (exact) mass is 266 g/mol. The van der Waals surface area contributed by atoms with Gasteiger partial charge in [0.1, 0.15) is 23.5 Å². The van der Waals surface area contributed by atoms with Gasteiger partial charge in [-0.05, 0) is 34.6 Å². The van der Waals surface area contributed by atoms with Crippen molar-refractivity contribution in [3.05, 3.63) is 11.4 Å². The van der Waals surface area contributed by atoms with Crippen molar-refractivity contribution in [1.29, 1.82) is 0 Å². The Balaban J connectivity index is 2.91. The van der Waals surface area contributed by atoms with Crippen LogP contribution in [0.25, 0.3) is 0 Å². The van der Waals surface area contributed by atoms with Gasteiger partial charge in [0.05, 0.1) is 6.61 Å². The first-order valence-electron chi connectivity index (χ1n) is 6.51. The van der Waals surface area contributed by atoms with Crippen molar-refractivity contribution < 1.29 is 9.53 Å². The lowest BCUT2D eigenvalue weighted by molar-refractivity contribution is -0.143. The van der Waals surface area contributed by atoms with E-state index in [4.69, 9.17) is 4.74 Å². The second-order valence-corrected chi connectivity index (χ2v) is 4.24. The minimum absolute atomic E-state index is 0.289. The molecule has 0 fully saturated rings. The predicted molar refractivity (Wildman–Crippen MR) is 75.4 cm³/mol. The SMILES string of the molecule is CCNc1nc(C)nc(NC(C)C(=O)OCC)c1C. The number of nitrogens with zero attached hydrogens (tertiary/aromatic N) is 2. The molecular formula is C13H22N4O2. The molecule has 106 valence electrons. The standard InChI is InChI=1S/C13H22N4O2/c1-6-14-11-8(3)12(17-10(5)16-11)15-9(4)13(18)19-7-2/h9H,6-7H2,1-5H3,(H2,14,15,16,17). The first-order chi connectivity index (χ1) is 8.99. The summed E-state index contributed by atoms with van der Waals surface area (Å²) in [6.45, 7) is 10.4. The third kappa shape index (κ3) is 4.08. The second kappa shape index (κ2) is 6.92. The third-order valence-corrected chi connectivity index (χ3v) is 2.60. The molecule has 0 aliphatic carbocycles. The second-order valence-electron chi connectivity index (χ2n) is 4.24. The van der Waals surface area contributed by atoms with Crippen LogP contribution in [0.3, 0.4) is 0 Å². The molecule has 0 radical (unpaired) electrons. The zero-order valence-electron chi connectivity index (χ0n) is 12.2. The van der Waals surface area contributed by atoms with Gasteiger partial charge in [-0.2, -0.15) is 0 Å². The number of ether oxygens (including phenoxy) is 1. The number of aromatic nitrogens is 2. The maximum Gasteiger partial charge on any atom is 0.328 e. The number of carbonyl (C=O) groups is 1. The lowest BCUT2D eigenvalue weighted by Gasteiger charge is -2.17. The molecule has 1 aromatic rings. The van der Waals surface area contributed by atoms with E-state index in [1.807, 2.05) is 20.8 Å². The third-order valence-electron chi connectivity index (χ3n) is 2.60. The predicted octanol–water partition coefficient (Wildman–Crippen LogP) is 1.89. The molecule has 1 atom stereocenters. The first kappa shape index (κ1) is 15.2. The summed E-state index contributed by atoms with van der Waals surface area (Å²) < 4.78 is 4.96. The molecular weight excluding hydrogens is 244 g/mol. The molecule has 0 bridgehead atoms. The van der Waals surface area contributed by atoms with E-state index in [1.165, 1.54) is 0 Å². The lowest BCUT2D eigenvalue weighted by Crippen LogP contribution is -2.29. The van der Waals surface area contributed by atoms with Gasteiger partial charge in [0.25, 0.3) is 0 Å². The lowest BCUT2D eigenvalue weighted by atomic mass is 10.2. The van der Waals surface area contributed by atoms with Crippen molar-refractivity contribution >= 4 is 17.6 Å². The number of aryl methyl sites for hydroxylation is 1. The largest absolute Gasteiger partial charge is 0.464 e. The highest BCUT2D eigenvalue weighted by Gasteiger charge is 2.17. The van der Waals surface area contributed by atoms with Crippen LogP contribution in [0.2, 0.25) is 0 Å². The summed E-state index contributed by atoms with van der Waals surface area (Å²) in [6.07, 6.45) is 0. The van der Waals surface area contributed by atoms with Crippen LogP contribution in [0.15, 0.2) is 0 Å². The van der Waals surface area contributed by atoms with Gasteiger partial charge in [-0.15, -0.1) is 0 Å². The zero-order chi connectivity index (χ0) is 14.4. The highest BCUT2D eigenvalue weighted by Crippen LogP contribution is 2.20. The van der Waals surface area contributed by atoms with Crippen molar-refractivity contribution in [2.45, 2.75) is 40.7 Å². The van der Waals surface area contributed by atoms with E-state index in [2.05, 4.69) is 20.6 Å². The van der Waals surface area contributed by atoms with Gasteiger partial charge in [0.2, 0.25) is 0 Å². The van der Waals surface area contributed by atoms with E-state index in [9.17, 15) is 4.79 Å². The van der Waals surface area contributed by atoms with Gasteiger partial charge in [-0.3, -0.25) is 0 Å². The van der Waals surface area contributed by atoms with Crippen molar-refractivity contribution in [3.8, 4) is 0 Å². The fraction of sp³-hybridized carbons (Fsp3) is 0.615. The number of rotatable bonds is 6. The summed E-state index contributed by atoms with van der Waals surface area (Å²) in [5.74, 6) is 1.81. The van der Waals surface area contributed by atoms with Crippen molar-refractivity contribution in [2.24, 2.45) is 0 Å². The van der Waals surface area contributed by atoms with Crippen LogP contribution in [-0.2, 0) is 9.53 Å². The first-order valence-corrected chi connectivity index (χ1v) is 6.51. The highest BCUT2D eigenvalue weighted by molar-refractivity contribution is 5.79. The van der Waals surface area contributed by atoms with E-state index in [-0.39, 0.29) is 5.97 Å². The van der Waals surface area contributed by atoms with Crippen LogP contribution in [0, 0.1) is 13.8 Å². The molecule has 0 saturated carbocycles.